The molecule has 0 spiro atoms. The summed E-state index contributed by atoms with van der Waals surface area (Å²) in [5.74, 6) is -1.25. The molecule has 0 saturated carbocycles. The molecule has 2 rings (SSSR count). The van der Waals surface area contributed by atoms with Crippen LogP contribution in [-0.2, 0) is 0 Å². The second kappa shape index (κ2) is 7.44. The molecule has 0 aliphatic heterocycles. The van der Waals surface area contributed by atoms with E-state index in [0.29, 0.717) is 5.02 Å². The lowest BCUT2D eigenvalue weighted by atomic mass is 10.1. The number of carbonyl (C=O) groups is 1. The molecular weight excluding hydrogens is 342 g/mol. The number of pyridine rings is 1. The van der Waals surface area contributed by atoms with Crippen LogP contribution in [0.5, 0.6) is 5.88 Å². The fourth-order valence-electron chi connectivity index (χ4n) is 1.73. The van der Waals surface area contributed by atoms with Gasteiger partial charge in [0.2, 0.25) is 17.6 Å². The van der Waals surface area contributed by atoms with Crippen LogP contribution in [0.15, 0.2) is 48.4 Å². The van der Waals surface area contributed by atoms with Crippen molar-refractivity contribution in [2.75, 3.05) is 14.1 Å². The number of hydrogen-bond acceptors (Lipinski definition) is 4. The van der Waals surface area contributed by atoms with Crippen LogP contribution in [0.1, 0.15) is 10.4 Å². The molecule has 2 aromatic rings. The van der Waals surface area contributed by atoms with Crippen LogP contribution in [-0.4, -0.2) is 29.8 Å². The van der Waals surface area contributed by atoms with Crippen LogP contribution in [0.3, 0.4) is 0 Å². The molecule has 1 aromatic heterocycles. The molecule has 23 heavy (non-hydrogen) atoms. The summed E-state index contributed by atoms with van der Waals surface area (Å²) in [6.07, 6.45) is 1.46. The number of benzene rings is 1. The minimum absolute atomic E-state index is 0.0310. The first-order chi connectivity index (χ1) is 10.9. The molecule has 0 N–H and O–H groups in total. The number of halogens is 3. The van der Waals surface area contributed by atoms with Gasteiger partial charge in [0.25, 0.3) is 0 Å². The molecule has 0 bridgehead atoms. The Kier molecular flexibility index (Phi) is 5.58. The van der Waals surface area contributed by atoms with Crippen molar-refractivity contribution in [1.82, 2.24) is 9.88 Å². The third kappa shape index (κ3) is 4.68. The van der Waals surface area contributed by atoms with Gasteiger partial charge in [-0.15, -0.1) is 0 Å². The summed E-state index contributed by atoms with van der Waals surface area (Å²) in [4.78, 5) is 17.8. The Morgan fingerprint density at radius 3 is 2.61 bits per heavy atom. The molecule has 0 fully saturated rings. The highest BCUT2D eigenvalue weighted by molar-refractivity contribution is 6.37. The Balaban J connectivity index is 2.37. The van der Waals surface area contributed by atoms with Crippen molar-refractivity contribution in [1.29, 1.82) is 0 Å². The molecule has 4 nitrogen and oxygen atoms in total. The number of ketones is 1. The highest BCUT2D eigenvalue weighted by Gasteiger charge is 2.19. The summed E-state index contributed by atoms with van der Waals surface area (Å²) in [7, 11) is 3.44. The number of allylic oxidation sites excluding steroid dienone is 1. The van der Waals surface area contributed by atoms with E-state index in [1.54, 1.807) is 25.1 Å². The molecule has 0 amide bonds. The van der Waals surface area contributed by atoms with Crippen molar-refractivity contribution >= 4 is 29.0 Å². The maximum atomic E-state index is 13.2. The Hall–Kier alpha value is -2.11. The normalized spacial score (nSPS) is 11.3. The number of hydrogen-bond donors (Lipinski definition) is 0. The summed E-state index contributed by atoms with van der Waals surface area (Å²) in [5, 5.41) is 0.611. The van der Waals surface area contributed by atoms with Gasteiger partial charge in [0.1, 0.15) is 0 Å². The molecule has 0 saturated heterocycles. The van der Waals surface area contributed by atoms with Gasteiger partial charge in [-0.1, -0.05) is 29.3 Å². The summed E-state index contributed by atoms with van der Waals surface area (Å²) in [6.45, 7) is 0. The number of Topliss-reactive ketones (excluding diaryl/α,β-unsaturated/α-hetero) is 1. The van der Waals surface area contributed by atoms with Crippen molar-refractivity contribution < 1.29 is 13.9 Å². The van der Waals surface area contributed by atoms with E-state index in [1.165, 1.54) is 36.5 Å². The lowest BCUT2D eigenvalue weighted by Gasteiger charge is -2.13. The molecule has 0 aliphatic carbocycles. The van der Waals surface area contributed by atoms with E-state index >= 15 is 0 Å². The molecule has 0 aliphatic rings. The highest BCUT2D eigenvalue weighted by Crippen LogP contribution is 2.24. The number of carbonyl (C=O) groups excluding carboxylic acids is 1. The van der Waals surface area contributed by atoms with Crippen molar-refractivity contribution in [2.24, 2.45) is 0 Å². The maximum absolute atomic E-state index is 13.2. The second-order valence-corrected chi connectivity index (χ2v) is 5.65. The number of ether oxygens (including phenoxy) is 1. The Morgan fingerprint density at radius 1 is 1.26 bits per heavy atom. The lowest BCUT2D eigenvalue weighted by molar-refractivity contribution is 0.0980. The average Bonchev–Trinajstić information content (AvgIpc) is 2.45. The van der Waals surface area contributed by atoms with Crippen molar-refractivity contribution in [3.63, 3.8) is 0 Å². The summed E-state index contributed by atoms with van der Waals surface area (Å²) in [5.41, 5.74) is 0.223. The molecule has 0 unspecified atom stereocenters. The van der Waals surface area contributed by atoms with Crippen molar-refractivity contribution in [3.8, 4) is 5.88 Å². The van der Waals surface area contributed by atoms with Gasteiger partial charge in [0.15, 0.2) is 5.76 Å². The predicted molar refractivity (Wildman–Crippen MR) is 87.4 cm³/mol. The zero-order chi connectivity index (χ0) is 17.0. The van der Waals surface area contributed by atoms with E-state index in [1.807, 2.05) is 0 Å². The van der Waals surface area contributed by atoms with Crippen LogP contribution in [0.4, 0.5) is 4.39 Å². The van der Waals surface area contributed by atoms with Crippen LogP contribution < -0.4 is 4.74 Å². The van der Waals surface area contributed by atoms with Crippen LogP contribution in [0.2, 0.25) is 10.0 Å². The van der Waals surface area contributed by atoms with Gasteiger partial charge in [-0.05, 0) is 24.3 Å². The predicted octanol–water partition coefficient (Wildman–Crippen LogP) is 4.19. The van der Waals surface area contributed by atoms with Gasteiger partial charge in [-0.2, -0.15) is 9.37 Å². The van der Waals surface area contributed by atoms with Crippen LogP contribution in [0, 0.1) is 5.95 Å². The fourth-order valence-corrected chi connectivity index (χ4v) is 2.23. The van der Waals surface area contributed by atoms with E-state index in [-0.39, 0.29) is 22.2 Å². The maximum Gasteiger partial charge on any atom is 0.231 e. The first-order valence-electron chi connectivity index (χ1n) is 6.55. The van der Waals surface area contributed by atoms with E-state index in [2.05, 4.69) is 4.98 Å². The number of nitrogens with zero attached hydrogens (tertiary/aromatic N) is 2. The van der Waals surface area contributed by atoms with Crippen LogP contribution in [0.25, 0.3) is 0 Å². The third-order valence-corrected chi connectivity index (χ3v) is 3.23. The van der Waals surface area contributed by atoms with Gasteiger partial charge in [0, 0.05) is 36.9 Å². The highest BCUT2D eigenvalue weighted by atomic mass is 35.5. The second-order valence-electron chi connectivity index (χ2n) is 4.81. The monoisotopic (exact) mass is 354 g/mol. The molecule has 0 radical (unpaired) electrons. The Labute approximate surface area is 143 Å². The molecular formula is C16H13Cl2FN2O2. The smallest absolute Gasteiger partial charge is 0.231 e. The van der Waals surface area contributed by atoms with Gasteiger partial charge in [-0.25, -0.2) is 0 Å². The largest absolute Gasteiger partial charge is 0.433 e. The van der Waals surface area contributed by atoms with Crippen LogP contribution >= 0.6 is 23.2 Å². The third-order valence-electron chi connectivity index (χ3n) is 2.68. The topological polar surface area (TPSA) is 42.4 Å². The molecule has 1 aromatic carbocycles. The summed E-state index contributed by atoms with van der Waals surface area (Å²) >= 11 is 11.9. The molecule has 1 heterocycles. The quantitative estimate of drug-likeness (QED) is 0.349. The zero-order valence-electron chi connectivity index (χ0n) is 12.4. The fraction of sp³-hybridized carbons (Fsp3) is 0.125. The Morgan fingerprint density at radius 2 is 2.00 bits per heavy atom. The first kappa shape index (κ1) is 17.2. The average molecular weight is 355 g/mol. The number of rotatable bonds is 5. The number of aromatic nitrogens is 1. The van der Waals surface area contributed by atoms with Crippen molar-refractivity contribution in [3.05, 3.63) is 69.9 Å². The van der Waals surface area contributed by atoms with Crippen molar-refractivity contribution in [2.45, 2.75) is 0 Å². The minimum atomic E-state index is -0.705. The van der Waals surface area contributed by atoms with E-state index in [4.69, 9.17) is 27.9 Å². The van der Waals surface area contributed by atoms with E-state index in [0.717, 1.165) is 0 Å². The van der Waals surface area contributed by atoms with Gasteiger partial charge >= 0.3 is 0 Å². The van der Waals surface area contributed by atoms with Gasteiger partial charge in [0.05, 0.1) is 5.02 Å². The molecule has 7 heteroatoms. The van der Waals surface area contributed by atoms with E-state index in [9.17, 15) is 9.18 Å². The van der Waals surface area contributed by atoms with Gasteiger partial charge in [-0.3, -0.25) is 4.79 Å². The minimum Gasteiger partial charge on any atom is -0.433 e. The molecule has 120 valence electrons. The Bertz CT molecular complexity index is 763. The molecule has 0 atom stereocenters. The first-order valence-corrected chi connectivity index (χ1v) is 7.31. The standard InChI is InChI=1S/C16H13Cl2FN2O2/c1-21(2)9-13(23-15-5-3-4-14(19)20-15)16(22)11-7-6-10(17)8-12(11)18/h3-9H,1-2H3/b13-9-. The zero-order valence-corrected chi connectivity index (χ0v) is 13.9. The lowest BCUT2D eigenvalue weighted by Crippen LogP contribution is -2.15. The van der Waals surface area contributed by atoms with Gasteiger partial charge < -0.3 is 9.64 Å². The van der Waals surface area contributed by atoms with E-state index < -0.39 is 11.7 Å². The SMILES string of the molecule is CN(C)/C=C(\Oc1cccc(F)n1)C(=O)c1ccc(Cl)cc1Cl. The summed E-state index contributed by atoms with van der Waals surface area (Å²) < 4.78 is 18.6. The summed E-state index contributed by atoms with van der Waals surface area (Å²) in [6, 6.07) is 8.57.